The predicted molar refractivity (Wildman–Crippen MR) is 230 cm³/mol. The van der Waals surface area contributed by atoms with E-state index in [0.29, 0.717) is 0 Å². The second-order valence-electron chi connectivity index (χ2n) is 17.0. The van der Waals surface area contributed by atoms with Gasteiger partial charge in [-0.15, -0.1) is 0 Å². The lowest BCUT2D eigenvalue weighted by atomic mass is 9.34. The Morgan fingerprint density at radius 2 is 1.02 bits per heavy atom. The van der Waals surface area contributed by atoms with Crippen molar-refractivity contribution in [1.29, 1.82) is 0 Å². The van der Waals surface area contributed by atoms with Gasteiger partial charge in [0.1, 0.15) is 0 Å². The lowest BCUT2D eigenvalue weighted by molar-refractivity contribution is 0.590. The van der Waals surface area contributed by atoms with Gasteiger partial charge in [0, 0.05) is 38.6 Å². The van der Waals surface area contributed by atoms with Crippen LogP contribution in [0, 0.1) is 0 Å². The van der Waals surface area contributed by atoms with Crippen LogP contribution in [0.5, 0.6) is 0 Å². The van der Waals surface area contributed by atoms with Crippen LogP contribution in [0.3, 0.4) is 0 Å². The van der Waals surface area contributed by atoms with Crippen LogP contribution in [0.1, 0.15) is 52.7 Å². The molecule has 10 rings (SSSR count). The maximum Gasteiger partial charge on any atom is 0.247 e. The summed E-state index contributed by atoms with van der Waals surface area (Å²) < 4.78 is 2.56. The lowest BCUT2D eigenvalue weighted by Crippen LogP contribution is -2.57. The van der Waals surface area contributed by atoms with E-state index in [2.05, 4.69) is 203 Å². The molecule has 1 aliphatic rings. The first-order valence-corrected chi connectivity index (χ1v) is 19.0. The summed E-state index contributed by atoms with van der Waals surface area (Å²) in [7, 11) is 0. The molecule has 0 aliphatic carbocycles. The fraction of sp³-hybridized carbons (Fsp3) is 0.160. The van der Waals surface area contributed by atoms with E-state index in [1.807, 2.05) is 0 Å². The van der Waals surface area contributed by atoms with Crippen LogP contribution < -0.4 is 21.3 Å². The number of anilines is 3. The molecule has 0 spiro atoms. The first kappa shape index (κ1) is 31.9. The van der Waals surface area contributed by atoms with Gasteiger partial charge in [0.25, 0.3) is 0 Å². The van der Waals surface area contributed by atoms with Gasteiger partial charge in [-0.2, -0.15) is 0 Å². The Morgan fingerprint density at radius 3 is 1.72 bits per heavy atom. The topological polar surface area (TPSA) is 7.65 Å². The van der Waals surface area contributed by atoms with Crippen molar-refractivity contribution >= 4 is 78.3 Å². The molecule has 53 heavy (non-hydrogen) atoms. The van der Waals surface area contributed by atoms with E-state index in [9.17, 15) is 0 Å². The highest BCUT2D eigenvalue weighted by Gasteiger charge is 2.37. The van der Waals surface area contributed by atoms with Crippen molar-refractivity contribution in [2.75, 3.05) is 4.90 Å². The smallest absolute Gasteiger partial charge is 0.247 e. The SMILES string of the molecule is CC(C)(C)c1ccc2c(c1)c1cc(C(C)(C)C)cc3c4cc5c(cc4n2c13)N(c1ccccc1)c1ccccc1B5c1ccccc1-c1ccccc1. The number of hydrogen-bond acceptors (Lipinski definition) is 1. The molecule has 0 radical (unpaired) electrons. The highest BCUT2D eigenvalue weighted by molar-refractivity contribution is 6.98. The van der Waals surface area contributed by atoms with Crippen LogP contribution in [0.4, 0.5) is 17.1 Å². The van der Waals surface area contributed by atoms with Gasteiger partial charge in [-0.3, -0.25) is 0 Å². The largest absolute Gasteiger partial charge is 0.311 e. The third-order valence-corrected chi connectivity index (χ3v) is 11.7. The minimum atomic E-state index is -0.00206. The van der Waals surface area contributed by atoms with Crippen molar-refractivity contribution in [2.45, 2.75) is 52.4 Å². The Kier molecular flexibility index (Phi) is 6.83. The first-order valence-electron chi connectivity index (χ1n) is 19.0. The monoisotopic (exact) mass is 682 g/mol. The average Bonchev–Trinajstić information content (AvgIpc) is 3.67. The van der Waals surface area contributed by atoms with Gasteiger partial charge >= 0.3 is 0 Å². The molecule has 0 bridgehead atoms. The molecule has 7 aromatic carbocycles. The van der Waals surface area contributed by atoms with Crippen LogP contribution in [0.15, 0.2) is 152 Å². The molecular formula is C50H43BN2. The summed E-state index contributed by atoms with van der Waals surface area (Å²) in [5, 5.41) is 5.32. The van der Waals surface area contributed by atoms with Gasteiger partial charge in [-0.05, 0) is 92.5 Å². The second kappa shape index (κ2) is 11.4. The quantitative estimate of drug-likeness (QED) is 0.168. The molecule has 256 valence electrons. The summed E-state index contributed by atoms with van der Waals surface area (Å²) >= 11 is 0. The van der Waals surface area contributed by atoms with Gasteiger partial charge in [0.15, 0.2) is 0 Å². The van der Waals surface area contributed by atoms with Gasteiger partial charge < -0.3 is 9.30 Å². The van der Waals surface area contributed by atoms with E-state index in [0.717, 1.165) is 0 Å². The van der Waals surface area contributed by atoms with Crippen molar-refractivity contribution in [3.8, 4) is 11.1 Å². The molecule has 0 saturated carbocycles. The highest BCUT2D eigenvalue weighted by Crippen LogP contribution is 2.45. The zero-order chi connectivity index (χ0) is 36.2. The number of nitrogens with zero attached hydrogens (tertiary/aromatic N) is 2. The molecule has 3 heterocycles. The fourth-order valence-electron chi connectivity index (χ4n) is 8.97. The summed E-state index contributed by atoms with van der Waals surface area (Å²) in [4.78, 5) is 2.50. The summed E-state index contributed by atoms with van der Waals surface area (Å²) in [5.41, 5.74) is 16.7. The number of benzene rings is 7. The Balaban J connectivity index is 1.36. The molecule has 0 atom stereocenters. The molecule has 0 unspecified atom stereocenters. The molecule has 0 saturated heterocycles. The van der Waals surface area contributed by atoms with Crippen molar-refractivity contribution in [1.82, 2.24) is 4.40 Å². The van der Waals surface area contributed by atoms with Crippen molar-refractivity contribution in [3.05, 3.63) is 163 Å². The molecule has 0 N–H and O–H groups in total. The highest BCUT2D eigenvalue weighted by atomic mass is 15.2. The molecule has 1 aliphatic heterocycles. The van der Waals surface area contributed by atoms with Crippen LogP contribution in [0.2, 0.25) is 0 Å². The average molecular weight is 683 g/mol. The van der Waals surface area contributed by atoms with E-state index in [4.69, 9.17) is 0 Å². The number of hydrogen-bond donors (Lipinski definition) is 0. The lowest BCUT2D eigenvalue weighted by Gasteiger charge is -2.37. The molecular weight excluding hydrogens is 639 g/mol. The van der Waals surface area contributed by atoms with Gasteiger partial charge in [0.2, 0.25) is 6.71 Å². The van der Waals surface area contributed by atoms with E-state index in [1.54, 1.807) is 0 Å². The molecule has 0 fully saturated rings. The molecule has 2 nitrogen and oxygen atoms in total. The maximum atomic E-state index is 2.56. The maximum absolute atomic E-state index is 2.56. The minimum Gasteiger partial charge on any atom is -0.311 e. The second-order valence-corrected chi connectivity index (χ2v) is 17.0. The Labute approximate surface area is 312 Å². The van der Waals surface area contributed by atoms with Gasteiger partial charge in [-0.25, -0.2) is 0 Å². The van der Waals surface area contributed by atoms with E-state index in [-0.39, 0.29) is 17.5 Å². The van der Waals surface area contributed by atoms with Crippen molar-refractivity contribution in [2.24, 2.45) is 0 Å². The van der Waals surface area contributed by atoms with Crippen LogP contribution in [-0.4, -0.2) is 11.1 Å². The Bertz CT molecular complexity index is 2850. The minimum absolute atomic E-state index is 0.00206. The molecule has 2 aromatic heterocycles. The molecule has 9 aromatic rings. The van der Waals surface area contributed by atoms with E-state index in [1.165, 1.54) is 93.8 Å². The third-order valence-electron chi connectivity index (χ3n) is 11.7. The van der Waals surface area contributed by atoms with Gasteiger partial charge in [-0.1, -0.05) is 150 Å². The number of aromatic nitrogens is 1. The van der Waals surface area contributed by atoms with Crippen LogP contribution >= 0.6 is 0 Å². The summed E-state index contributed by atoms with van der Waals surface area (Å²) in [5.74, 6) is 0. The number of rotatable bonds is 3. The van der Waals surface area contributed by atoms with E-state index < -0.39 is 0 Å². The fourth-order valence-corrected chi connectivity index (χ4v) is 8.97. The Hall–Kier alpha value is -5.80. The zero-order valence-corrected chi connectivity index (χ0v) is 31.4. The van der Waals surface area contributed by atoms with Gasteiger partial charge in [0.05, 0.1) is 16.6 Å². The predicted octanol–water partition coefficient (Wildman–Crippen LogP) is 11.4. The summed E-state index contributed by atoms with van der Waals surface area (Å²) in [6.45, 7) is 14.0. The van der Waals surface area contributed by atoms with E-state index >= 15 is 0 Å². The zero-order valence-electron chi connectivity index (χ0n) is 31.4. The number of para-hydroxylation sites is 2. The summed E-state index contributed by atoms with van der Waals surface area (Å²) in [6.07, 6.45) is 0. The standard InChI is InChI=1S/C50H43BN2/c1-49(2,3)33-25-26-44-37(27-33)39-28-34(50(4,5)6)29-40-38-30-43-47(31-46(38)53(44)48(39)40)52(35-19-11-8-12-20-35)45-24-16-15-23-42(45)51(43)41-22-14-13-21-36(41)32-17-9-7-10-18-32/h7-31H,1-6H3. The third kappa shape index (κ3) is 4.80. The van der Waals surface area contributed by atoms with Crippen molar-refractivity contribution < 1.29 is 0 Å². The molecule has 3 heteroatoms. The Morgan fingerprint density at radius 1 is 0.434 bits per heavy atom. The van der Waals surface area contributed by atoms with Crippen LogP contribution in [0.25, 0.3) is 49.2 Å². The molecule has 0 amide bonds. The number of fused-ring (bicyclic) bond motifs is 8. The first-order chi connectivity index (χ1) is 25.6. The summed E-state index contributed by atoms with van der Waals surface area (Å²) in [6, 6.07) is 57.0. The van der Waals surface area contributed by atoms with Crippen LogP contribution in [-0.2, 0) is 10.8 Å². The normalized spacial score (nSPS) is 13.4. The van der Waals surface area contributed by atoms with Crippen molar-refractivity contribution in [3.63, 3.8) is 0 Å².